The van der Waals surface area contributed by atoms with E-state index < -0.39 is 6.09 Å². The van der Waals surface area contributed by atoms with Gasteiger partial charge in [0, 0.05) is 61.8 Å². The summed E-state index contributed by atoms with van der Waals surface area (Å²) in [7, 11) is 1.78. The van der Waals surface area contributed by atoms with Crippen LogP contribution in [0.3, 0.4) is 0 Å². The number of piperazine rings is 1. The minimum absolute atomic E-state index is 0.588. The second-order valence-electron chi connectivity index (χ2n) is 11.2. The van der Waals surface area contributed by atoms with Crippen molar-refractivity contribution in [3.05, 3.63) is 71.8 Å². The molecule has 0 amide bonds. The maximum atomic E-state index is 12.1. The minimum atomic E-state index is -0.939. The first-order valence-corrected chi connectivity index (χ1v) is 14.7. The minimum Gasteiger partial charge on any atom is -0.496 e. The third kappa shape index (κ3) is 4.93. The van der Waals surface area contributed by atoms with E-state index in [0.29, 0.717) is 6.04 Å². The van der Waals surface area contributed by atoms with E-state index in [4.69, 9.17) is 4.74 Å². The Morgan fingerprint density at radius 3 is 2.52 bits per heavy atom. The molecule has 4 aromatic rings. The summed E-state index contributed by atoms with van der Waals surface area (Å²) in [5, 5.41) is 12.0. The first-order chi connectivity index (χ1) is 19.6. The molecule has 0 bridgehead atoms. The molecule has 1 atom stereocenters. The lowest BCUT2D eigenvalue weighted by molar-refractivity contribution is 0.145. The van der Waals surface area contributed by atoms with E-state index in [1.807, 2.05) is 36.4 Å². The van der Waals surface area contributed by atoms with E-state index in [-0.39, 0.29) is 0 Å². The Morgan fingerprint density at radius 1 is 0.975 bits per heavy atom. The van der Waals surface area contributed by atoms with Gasteiger partial charge in [0.15, 0.2) is 0 Å². The van der Waals surface area contributed by atoms with E-state index in [0.717, 1.165) is 91.9 Å². The largest absolute Gasteiger partial charge is 0.496 e. The Kier molecular flexibility index (Phi) is 7.67. The predicted octanol–water partition coefficient (Wildman–Crippen LogP) is 5.72. The molecule has 1 aliphatic carbocycles. The lowest BCUT2D eigenvalue weighted by Gasteiger charge is -2.39. The van der Waals surface area contributed by atoms with Gasteiger partial charge < -0.3 is 14.7 Å². The highest BCUT2D eigenvalue weighted by molar-refractivity contribution is 6.17. The molecule has 7 heteroatoms. The zero-order valence-corrected chi connectivity index (χ0v) is 23.7. The van der Waals surface area contributed by atoms with Gasteiger partial charge in [0.1, 0.15) is 5.75 Å². The summed E-state index contributed by atoms with van der Waals surface area (Å²) in [6.07, 6.45) is 3.62. The standard InChI is InChI=1S/C33H40N4O3/c1-3-16-35(25-14-15-26-24(23-25)8-6-13-31(26)40-2)20-17-34-18-21-36(22-19-34)29-11-7-12-30-32(29)27-9-4-5-10-28(27)37(30)33(38)39/h4-13,25H,3,14-23H2,1-2H3,(H,38,39). The van der Waals surface area contributed by atoms with E-state index in [9.17, 15) is 9.90 Å². The molecular formula is C33H40N4O3. The normalized spacial score (nSPS) is 18.0. The smallest absolute Gasteiger partial charge is 0.416 e. The Balaban J connectivity index is 1.12. The van der Waals surface area contributed by atoms with Crippen LogP contribution in [0, 0.1) is 0 Å². The van der Waals surface area contributed by atoms with Crippen molar-refractivity contribution < 1.29 is 14.6 Å². The molecule has 0 spiro atoms. The molecule has 0 radical (unpaired) electrons. The van der Waals surface area contributed by atoms with Gasteiger partial charge in [0.05, 0.1) is 18.1 Å². The van der Waals surface area contributed by atoms with Gasteiger partial charge in [-0.2, -0.15) is 0 Å². The van der Waals surface area contributed by atoms with Gasteiger partial charge in [0.2, 0.25) is 0 Å². The molecule has 7 nitrogen and oxygen atoms in total. The second-order valence-corrected chi connectivity index (χ2v) is 11.2. The van der Waals surface area contributed by atoms with Crippen molar-refractivity contribution in [1.29, 1.82) is 0 Å². The van der Waals surface area contributed by atoms with Crippen LogP contribution in [0.15, 0.2) is 60.7 Å². The fraction of sp³-hybridized carbons (Fsp3) is 0.424. The highest BCUT2D eigenvalue weighted by Crippen LogP contribution is 2.36. The number of carbonyl (C=O) groups is 1. The van der Waals surface area contributed by atoms with Crippen molar-refractivity contribution in [3.63, 3.8) is 0 Å². The Labute approximate surface area is 236 Å². The molecule has 2 aliphatic rings. The predicted molar refractivity (Wildman–Crippen MR) is 162 cm³/mol. The zero-order valence-electron chi connectivity index (χ0n) is 23.7. The molecule has 1 saturated heterocycles. The maximum Gasteiger partial charge on any atom is 0.416 e. The first-order valence-electron chi connectivity index (χ1n) is 14.7. The van der Waals surface area contributed by atoms with Gasteiger partial charge in [-0.15, -0.1) is 0 Å². The van der Waals surface area contributed by atoms with E-state index in [1.54, 1.807) is 7.11 Å². The Morgan fingerprint density at radius 2 is 1.75 bits per heavy atom. The number of nitrogens with zero attached hydrogens (tertiary/aromatic N) is 4. The van der Waals surface area contributed by atoms with Crippen LogP contribution in [0.1, 0.15) is 30.9 Å². The van der Waals surface area contributed by atoms with Gasteiger partial charge in [0.25, 0.3) is 0 Å². The van der Waals surface area contributed by atoms with Crippen molar-refractivity contribution >= 4 is 33.6 Å². The van der Waals surface area contributed by atoms with Crippen LogP contribution >= 0.6 is 0 Å². The number of fused-ring (bicyclic) bond motifs is 4. The van der Waals surface area contributed by atoms with Gasteiger partial charge >= 0.3 is 6.09 Å². The van der Waals surface area contributed by atoms with Crippen LogP contribution in [0.4, 0.5) is 10.5 Å². The van der Waals surface area contributed by atoms with Crippen LogP contribution in [0.2, 0.25) is 0 Å². The van der Waals surface area contributed by atoms with E-state index in [1.165, 1.54) is 28.5 Å². The van der Waals surface area contributed by atoms with Crippen molar-refractivity contribution in [2.24, 2.45) is 0 Å². The summed E-state index contributed by atoms with van der Waals surface area (Å²) in [5.74, 6) is 1.04. The Bertz CT molecular complexity index is 1500. The molecule has 0 saturated carbocycles. The number of anilines is 1. The number of hydrogen-bond acceptors (Lipinski definition) is 5. The van der Waals surface area contributed by atoms with Gasteiger partial charge in [-0.25, -0.2) is 9.36 Å². The number of hydrogen-bond donors (Lipinski definition) is 1. The SMILES string of the molecule is CCCN(CCN1CCN(c2cccc3c2c2ccccc2n3C(=O)O)CC1)C1CCc2c(cccc2OC)C1. The molecule has 1 unspecified atom stereocenters. The fourth-order valence-corrected chi connectivity index (χ4v) is 6.97. The highest BCUT2D eigenvalue weighted by atomic mass is 16.5. The van der Waals surface area contributed by atoms with Crippen LogP contribution < -0.4 is 9.64 Å². The summed E-state index contributed by atoms with van der Waals surface area (Å²) in [4.78, 5) is 19.9. The molecule has 1 aromatic heterocycles. The van der Waals surface area contributed by atoms with Crippen molar-refractivity contribution in [2.75, 3.05) is 57.8 Å². The third-order valence-corrected chi connectivity index (χ3v) is 8.94. The lowest BCUT2D eigenvalue weighted by Crippen LogP contribution is -2.50. The number of carboxylic acid groups (broad SMARTS) is 1. The number of methoxy groups -OCH3 is 1. The molecule has 40 heavy (non-hydrogen) atoms. The fourth-order valence-electron chi connectivity index (χ4n) is 6.97. The number of para-hydroxylation sites is 1. The maximum absolute atomic E-state index is 12.1. The average molecular weight is 541 g/mol. The van der Waals surface area contributed by atoms with Crippen LogP contribution in [-0.2, 0) is 12.8 Å². The summed E-state index contributed by atoms with van der Waals surface area (Å²) in [6, 6.07) is 21.0. The summed E-state index contributed by atoms with van der Waals surface area (Å²) in [6.45, 7) is 9.51. The molecule has 1 N–H and O–H groups in total. The first kappa shape index (κ1) is 26.7. The zero-order chi connectivity index (χ0) is 27.6. The number of benzene rings is 3. The van der Waals surface area contributed by atoms with Crippen molar-refractivity contribution in [3.8, 4) is 5.75 Å². The molecule has 6 rings (SSSR count). The summed E-state index contributed by atoms with van der Waals surface area (Å²) >= 11 is 0. The summed E-state index contributed by atoms with van der Waals surface area (Å²) < 4.78 is 7.05. The Hall–Kier alpha value is -3.55. The van der Waals surface area contributed by atoms with Gasteiger partial charge in [-0.1, -0.05) is 43.3 Å². The molecule has 1 aliphatic heterocycles. The second kappa shape index (κ2) is 11.5. The van der Waals surface area contributed by atoms with Crippen LogP contribution in [0.5, 0.6) is 5.75 Å². The highest BCUT2D eigenvalue weighted by Gasteiger charge is 2.27. The molecular weight excluding hydrogens is 500 g/mol. The van der Waals surface area contributed by atoms with Crippen LogP contribution in [0.25, 0.3) is 21.8 Å². The van der Waals surface area contributed by atoms with Crippen molar-refractivity contribution in [1.82, 2.24) is 14.4 Å². The molecule has 2 heterocycles. The molecule has 3 aromatic carbocycles. The molecule has 210 valence electrons. The number of rotatable bonds is 8. The topological polar surface area (TPSA) is 61.2 Å². The van der Waals surface area contributed by atoms with E-state index in [2.05, 4.69) is 45.9 Å². The third-order valence-electron chi connectivity index (χ3n) is 8.94. The number of ether oxygens (including phenoxy) is 1. The van der Waals surface area contributed by atoms with E-state index >= 15 is 0 Å². The average Bonchev–Trinajstić information content (AvgIpc) is 3.34. The van der Waals surface area contributed by atoms with Gasteiger partial charge in [-0.05, 0) is 67.6 Å². The quantitative estimate of drug-likeness (QED) is 0.308. The monoisotopic (exact) mass is 540 g/mol. The lowest BCUT2D eigenvalue weighted by atomic mass is 9.86. The molecule has 1 fully saturated rings. The summed E-state index contributed by atoms with van der Waals surface area (Å²) in [5.41, 5.74) is 5.49. The van der Waals surface area contributed by atoms with Crippen molar-refractivity contribution in [2.45, 2.75) is 38.6 Å². The van der Waals surface area contributed by atoms with Gasteiger partial charge in [-0.3, -0.25) is 9.80 Å². The number of aromatic nitrogens is 1. The van der Waals surface area contributed by atoms with Crippen LogP contribution in [-0.4, -0.2) is 84.5 Å².